The Morgan fingerprint density at radius 2 is 1.96 bits per heavy atom. The Labute approximate surface area is 136 Å². The lowest BCUT2D eigenvalue weighted by atomic mass is 9.89. The maximum absolute atomic E-state index is 12.1. The van der Waals surface area contributed by atoms with Crippen LogP contribution >= 0.6 is 0 Å². The fourth-order valence-corrected chi connectivity index (χ4v) is 3.05. The maximum atomic E-state index is 12.1. The fraction of sp³-hybridized carbons (Fsp3) is 0.471. The number of nitrogens with zero attached hydrogens (tertiary/aromatic N) is 3. The molecule has 3 rings (SSSR count). The lowest BCUT2D eigenvalue weighted by Gasteiger charge is -2.23. The monoisotopic (exact) mass is 313 g/mol. The summed E-state index contributed by atoms with van der Waals surface area (Å²) < 4.78 is 1.51. The molecule has 1 aromatic heterocycles. The first kappa shape index (κ1) is 15.5. The van der Waals surface area contributed by atoms with Crippen molar-refractivity contribution in [3.8, 4) is 0 Å². The van der Waals surface area contributed by atoms with Gasteiger partial charge in [-0.15, -0.1) is 5.10 Å². The topological polar surface area (TPSA) is 71.8 Å². The van der Waals surface area contributed by atoms with E-state index in [2.05, 4.69) is 20.9 Å². The SMILES string of the molecule is O=C(Cn1ccnn1)Nc1ccccc1NCC1CCCCC1. The molecule has 0 atom stereocenters. The number of carbonyl (C=O) groups is 1. The summed E-state index contributed by atoms with van der Waals surface area (Å²) in [6.45, 7) is 1.13. The summed E-state index contributed by atoms with van der Waals surface area (Å²) in [7, 11) is 0. The molecular weight excluding hydrogens is 290 g/mol. The van der Waals surface area contributed by atoms with Crippen LogP contribution in [0.1, 0.15) is 32.1 Å². The zero-order valence-electron chi connectivity index (χ0n) is 13.2. The van der Waals surface area contributed by atoms with E-state index in [0.29, 0.717) is 0 Å². The highest BCUT2D eigenvalue weighted by Gasteiger charge is 2.14. The molecule has 1 aliphatic rings. The third kappa shape index (κ3) is 4.55. The van der Waals surface area contributed by atoms with Gasteiger partial charge in [0.2, 0.25) is 5.91 Å². The average Bonchev–Trinajstić information content (AvgIpc) is 3.08. The van der Waals surface area contributed by atoms with Gasteiger partial charge in [-0.25, -0.2) is 4.68 Å². The van der Waals surface area contributed by atoms with E-state index in [9.17, 15) is 4.79 Å². The minimum atomic E-state index is -0.109. The number of carbonyl (C=O) groups excluding carboxylic acids is 1. The molecule has 0 spiro atoms. The molecule has 2 N–H and O–H groups in total. The average molecular weight is 313 g/mol. The second kappa shape index (κ2) is 7.76. The van der Waals surface area contributed by atoms with Gasteiger partial charge in [0.25, 0.3) is 0 Å². The molecule has 1 heterocycles. The Morgan fingerprint density at radius 3 is 2.70 bits per heavy atom. The van der Waals surface area contributed by atoms with Gasteiger partial charge in [0, 0.05) is 12.7 Å². The van der Waals surface area contributed by atoms with E-state index >= 15 is 0 Å². The standard InChI is InChI=1S/C17H23N5O/c23-17(13-22-11-10-19-21-22)20-16-9-5-4-8-15(16)18-12-14-6-2-1-3-7-14/h4-5,8-11,14,18H,1-3,6-7,12-13H2,(H,20,23). The van der Waals surface area contributed by atoms with E-state index in [0.717, 1.165) is 23.8 Å². The molecule has 1 saturated carbocycles. The summed E-state index contributed by atoms with van der Waals surface area (Å²) in [5.41, 5.74) is 1.79. The number of benzene rings is 1. The molecule has 1 fully saturated rings. The largest absolute Gasteiger partial charge is 0.383 e. The molecule has 0 aliphatic heterocycles. The molecule has 6 heteroatoms. The predicted octanol–water partition coefficient (Wildman–Crippen LogP) is 2.91. The minimum Gasteiger partial charge on any atom is -0.383 e. The number of anilines is 2. The summed E-state index contributed by atoms with van der Waals surface area (Å²) in [4.78, 5) is 12.1. The van der Waals surface area contributed by atoms with Crippen LogP contribution in [0.5, 0.6) is 0 Å². The van der Waals surface area contributed by atoms with Crippen LogP contribution in [-0.2, 0) is 11.3 Å². The highest BCUT2D eigenvalue weighted by molar-refractivity contribution is 5.93. The molecule has 1 aliphatic carbocycles. The van der Waals surface area contributed by atoms with Crippen LogP contribution in [-0.4, -0.2) is 27.4 Å². The Hall–Kier alpha value is -2.37. The van der Waals surface area contributed by atoms with Gasteiger partial charge in [-0.05, 0) is 30.9 Å². The van der Waals surface area contributed by atoms with Crippen molar-refractivity contribution in [3.63, 3.8) is 0 Å². The quantitative estimate of drug-likeness (QED) is 0.860. The van der Waals surface area contributed by atoms with Crippen LogP contribution in [0.4, 0.5) is 11.4 Å². The number of hydrogen-bond donors (Lipinski definition) is 2. The van der Waals surface area contributed by atoms with E-state index in [1.165, 1.54) is 36.8 Å². The Morgan fingerprint density at radius 1 is 1.17 bits per heavy atom. The first-order valence-corrected chi connectivity index (χ1v) is 8.28. The summed E-state index contributed by atoms with van der Waals surface area (Å²) in [6, 6.07) is 7.84. The fourth-order valence-electron chi connectivity index (χ4n) is 3.05. The number of amides is 1. The lowest BCUT2D eigenvalue weighted by Crippen LogP contribution is -2.21. The van der Waals surface area contributed by atoms with Crippen LogP contribution in [0, 0.1) is 5.92 Å². The molecule has 0 bridgehead atoms. The molecule has 23 heavy (non-hydrogen) atoms. The molecular formula is C17H23N5O. The van der Waals surface area contributed by atoms with Gasteiger partial charge in [-0.2, -0.15) is 0 Å². The number of hydrogen-bond acceptors (Lipinski definition) is 4. The number of rotatable bonds is 6. The Bertz CT molecular complexity index is 620. The van der Waals surface area contributed by atoms with Gasteiger partial charge in [0.05, 0.1) is 17.6 Å². The third-order valence-corrected chi connectivity index (χ3v) is 4.28. The summed E-state index contributed by atoms with van der Waals surface area (Å²) in [5, 5.41) is 14.0. The Balaban J connectivity index is 1.57. The number of aromatic nitrogens is 3. The van der Waals surface area contributed by atoms with Crippen LogP contribution < -0.4 is 10.6 Å². The summed E-state index contributed by atoms with van der Waals surface area (Å²) >= 11 is 0. The van der Waals surface area contributed by atoms with Gasteiger partial charge in [-0.3, -0.25) is 4.79 Å². The minimum absolute atomic E-state index is 0.109. The summed E-state index contributed by atoms with van der Waals surface area (Å²) in [5.74, 6) is 0.630. The van der Waals surface area contributed by atoms with Crippen molar-refractivity contribution in [2.75, 3.05) is 17.2 Å². The Kier molecular flexibility index (Phi) is 5.24. The molecule has 0 unspecified atom stereocenters. The zero-order valence-corrected chi connectivity index (χ0v) is 13.2. The zero-order chi connectivity index (χ0) is 15.9. The van der Waals surface area contributed by atoms with Gasteiger partial charge in [0.1, 0.15) is 6.54 Å². The molecule has 0 radical (unpaired) electrons. The van der Waals surface area contributed by atoms with Gasteiger partial charge in [0.15, 0.2) is 0 Å². The van der Waals surface area contributed by atoms with Crippen LogP contribution in [0.15, 0.2) is 36.7 Å². The van der Waals surface area contributed by atoms with Crippen molar-refractivity contribution >= 4 is 17.3 Å². The second-order valence-corrected chi connectivity index (χ2v) is 6.08. The molecule has 2 aromatic rings. The van der Waals surface area contributed by atoms with E-state index in [-0.39, 0.29) is 12.5 Å². The van der Waals surface area contributed by atoms with Crippen molar-refractivity contribution in [2.24, 2.45) is 5.92 Å². The lowest BCUT2D eigenvalue weighted by molar-refractivity contribution is -0.116. The number of para-hydroxylation sites is 2. The van der Waals surface area contributed by atoms with E-state index in [4.69, 9.17) is 0 Å². The van der Waals surface area contributed by atoms with Crippen LogP contribution in [0.25, 0.3) is 0 Å². The highest BCUT2D eigenvalue weighted by Crippen LogP contribution is 2.26. The van der Waals surface area contributed by atoms with E-state index in [1.54, 1.807) is 12.4 Å². The predicted molar refractivity (Wildman–Crippen MR) is 90.2 cm³/mol. The highest BCUT2D eigenvalue weighted by atomic mass is 16.2. The van der Waals surface area contributed by atoms with Crippen molar-refractivity contribution in [1.29, 1.82) is 0 Å². The van der Waals surface area contributed by atoms with Crippen molar-refractivity contribution in [3.05, 3.63) is 36.7 Å². The van der Waals surface area contributed by atoms with Crippen molar-refractivity contribution < 1.29 is 4.79 Å². The maximum Gasteiger partial charge on any atom is 0.246 e. The van der Waals surface area contributed by atoms with Gasteiger partial charge >= 0.3 is 0 Å². The summed E-state index contributed by atoms with van der Waals surface area (Å²) in [6.07, 6.45) is 9.87. The van der Waals surface area contributed by atoms with E-state index < -0.39 is 0 Å². The molecule has 0 saturated heterocycles. The van der Waals surface area contributed by atoms with Crippen molar-refractivity contribution in [2.45, 2.75) is 38.6 Å². The molecule has 122 valence electrons. The van der Waals surface area contributed by atoms with Crippen molar-refractivity contribution in [1.82, 2.24) is 15.0 Å². The van der Waals surface area contributed by atoms with E-state index in [1.807, 2.05) is 24.3 Å². The third-order valence-electron chi connectivity index (χ3n) is 4.28. The number of nitrogens with one attached hydrogen (secondary N) is 2. The van der Waals surface area contributed by atoms with Gasteiger partial charge < -0.3 is 10.6 Å². The second-order valence-electron chi connectivity index (χ2n) is 6.08. The normalized spacial score (nSPS) is 15.3. The first-order chi connectivity index (χ1) is 11.3. The smallest absolute Gasteiger partial charge is 0.246 e. The molecule has 6 nitrogen and oxygen atoms in total. The van der Waals surface area contributed by atoms with Gasteiger partial charge in [-0.1, -0.05) is 36.6 Å². The van der Waals surface area contributed by atoms with Crippen LogP contribution in [0.3, 0.4) is 0 Å². The molecule has 1 amide bonds. The van der Waals surface area contributed by atoms with Crippen LogP contribution in [0.2, 0.25) is 0 Å². The molecule has 1 aromatic carbocycles. The first-order valence-electron chi connectivity index (χ1n) is 8.28.